The molecule has 0 spiro atoms. The normalized spacial score (nSPS) is 10.2. The van der Waals surface area contributed by atoms with Crippen molar-refractivity contribution >= 4 is 39.2 Å². The molecule has 0 aromatic heterocycles. The van der Waals surface area contributed by atoms with Gasteiger partial charge in [-0.25, -0.2) is 0 Å². The highest BCUT2D eigenvalue weighted by atomic mass is 79.9. The fourth-order valence-electron chi connectivity index (χ4n) is 1.56. The zero-order valence-electron chi connectivity index (χ0n) is 12.5. The van der Waals surface area contributed by atoms with Gasteiger partial charge < -0.3 is 9.53 Å². The molecule has 0 aliphatic heterocycles. The fraction of sp³-hybridized carbons (Fsp3) is 0.733. The summed E-state index contributed by atoms with van der Waals surface area (Å²) < 4.78 is 4.94. The molecule has 21 heavy (non-hydrogen) atoms. The number of carbonyl (C=O) groups is 4. The zero-order valence-corrected chi connectivity index (χ0v) is 14.1. The Kier molecular flexibility index (Phi) is 12.1. The Balaban J connectivity index is 3.60. The van der Waals surface area contributed by atoms with Crippen LogP contribution in [0.3, 0.4) is 0 Å². The number of ether oxygens (including phenoxy) is 1. The number of hydrogen-bond acceptors (Lipinski definition) is 5. The highest BCUT2D eigenvalue weighted by molar-refractivity contribution is 9.09. The Morgan fingerprint density at radius 2 is 1.38 bits per heavy atom. The van der Waals surface area contributed by atoms with Crippen LogP contribution in [0.15, 0.2) is 0 Å². The number of ketones is 3. The highest BCUT2D eigenvalue weighted by Gasteiger charge is 2.09. The van der Waals surface area contributed by atoms with E-state index in [0.29, 0.717) is 6.42 Å². The molecular weight excluding hydrogens is 340 g/mol. The second kappa shape index (κ2) is 12.7. The number of rotatable bonds is 13. The van der Waals surface area contributed by atoms with Crippen LogP contribution in [-0.2, 0) is 23.9 Å². The molecule has 0 saturated carbocycles. The van der Waals surface area contributed by atoms with Crippen LogP contribution in [0.4, 0.5) is 0 Å². The predicted octanol–water partition coefficient (Wildman–Crippen LogP) is 2.77. The lowest BCUT2D eigenvalue weighted by Crippen LogP contribution is -2.11. The molecule has 0 aliphatic rings. The third-order valence-electron chi connectivity index (χ3n) is 2.85. The summed E-state index contributed by atoms with van der Waals surface area (Å²) in [6.45, 7) is 1.51. The monoisotopic (exact) mass is 362 g/mol. The molecule has 0 bridgehead atoms. The van der Waals surface area contributed by atoms with Crippen LogP contribution in [-0.4, -0.2) is 35.3 Å². The summed E-state index contributed by atoms with van der Waals surface area (Å²) in [4.78, 5) is 44.9. The van der Waals surface area contributed by atoms with Crippen molar-refractivity contribution in [1.29, 1.82) is 0 Å². The zero-order chi connectivity index (χ0) is 16.1. The number of Topliss-reactive ketones (excluding diaryl/α,β-unsaturated/α-hetero) is 3. The quantitative estimate of drug-likeness (QED) is 0.286. The van der Waals surface area contributed by atoms with Gasteiger partial charge in [-0.3, -0.25) is 14.4 Å². The minimum atomic E-state index is -0.290. The van der Waals surface area contributed by atoms with E-state index in [1.165, 1.54) is 6.92 Å². The average molecular weight is 363 g/mol. The summed E-state index contributed by atoms with van der Waals surface area (Å²) in [7, 11) is 0. The lowest BCUT2D eigenvalue weighted by Gasteiger charge is -2.04. The minimum Gasteiger partial charge on any atom is -0.465 e. The second-order valence-corrected chi connectivity index (χ2v) is 5.69. The predicted molar refractivity (Wildman–Crippen MR) is 82.4 cm³/mol. The molecule has 0 aromatic rings. The molecule has 120 valence electrons. The minimum absolute atomic E-state index is 0.0264. The van der Waals surface area contributed by atoms with Crippen molar-refractivity contribution in [2.45, 2.75) is 58.3 Å². The third-order valence-corrected chi connectivity index (χ3v) is 3.41. The van der Waals surface area contributed by atoms with Crippen molar-refractivity contribution in [2.24, 2.45) is 0 Å². The molecule has 5 nitrogen and oxygen atoms in total. The van der Waals surface area contributed by atoms with Gasteiger partial charge in [0.05, 0.1) is 6.61 Å². The Bertz CT molecular complexity index is 365. The van der Waals surface area contributed by atoms with E-state index in [0.717, 1.165) is 18.2 Å². The number of hydrogen-bond donors (Lipinski definition) is 0. The summed E-state index contributed by atoms with van der Waals surface area (Å²) in [5.74, 6) is -0.493. The fourth-order valence-corrected chi connectivity index (χ4v) is 1.96. The Morgan fingerprint density at radius 3 is 1.95 bits per heavy atom. The van der Waals surface area contributed by atoms with Crippen molar-refractivity contribution in [3.8, 4) is 0 Å². The molecule has 0 fully saturated rings. The van der Waals surface area contributed by atoms with Crippen LogP contribution in [0.2, 0.25) is 0 Å². The first-order valence-corrected chi connectivity index (χ1v) is 8.32. The smallest absolute Gasteiger partial charge is 0.305 e. The van der Waals surface area contributed by atoms with E-state index in [2.05, 4.69) is 15.9 Å². The van der Waals surface area contributed by atoms with E-state index >= 15 is 0 Å². The molecule has 0 amide bonds. The third kappa shape index (κ3) is 13.7. The lowest BCUT2D eigenvalue weighted by atomic mass is 10.1. The summed E-state index contributed by atoms with van der Waals surface area (Å²) in [5.41, 5.74) is 0. The van der Waals surface area contributed by atoms with Crippen LogP contribution in [0.5, 0.6) is 0 Å². The van der Waals surface area contributed by atoms with Gasteiger partial charge in [0.15, 0.2) is 0 Å². The summed E-state index contributed by atoms with van der Waals surface area (Å²) >= 11 is 3.28. The number of carbonyl (C=O) groups excluding carboxylic acids is 4. The molecule has 6 heteroatoms. The number of unbranched alkanes of at least 4 members (excludes halogenated alkanes) is 1. The number of esters is 1. The van der Waals surface area contributed by atoms with Gasteiger partial charge in [0, 0.05) is 43.9 Å². The molecule has 0 rings (SSSR count). The molecule has 0 aromatic carbocycles. The Morgan fingerprint density at radius 1 is 0.810 bits per heavy atom. The van der Waals surface area contributed by atoms with Gasteiger partial charge >= 0.3 is 5.97 Å². The molecule has 0 unspecified atom stereocenters. The van der Waals surface area contributed by atoms with Crippen molar-refractivity contribution in [3.05, 3.63) is 0 Å². The Labute approximate surface area is 133 Å². The largest absolute Gasteiger partial charge is 0.465 e. The van der Waals surface area contributed by atoms with Gasteiger partial charge in [0.2, 0.25) is 0 Å². The van der Waals surface area contributed by atoms with E-state index in [9.17, 15) is 19.2 Å². The van der Waals surface area contributed by atoms with Crippen molar-refractivity contribution in [2.75, 3.05) is 11.9 Å². The van der Waals surface area contributed by atoms with E-state index in [1.54, 1.807) is 0 Å². The molecule has 0 aliphatic carbocycles. The van der Waals surface area contributed by atoms with Crippen LogP contribution < -0.4 is 0 Å². The SMILES string of the molecule is CC(=O)CCC(=O)CCC(=O)CCOC(=O)CCCCBr. The van der Waals surface area contributed by atoms with Crippen LogP contribution in [0.1, 0.15) is 58.3 Å². The van der Waals surface area contributed by atoms with E-state index in [4.69, 9.17) is 4.74 Å². The van der Waals surface area contributed by atoms with Gasteiger partial charge in [-0.05, 0) is 19.8 Å². The van der Waals surface area contributed by atoms with Gasteiger partial charge in [-0.2, -0.15) is 0 Å². The highest BCUT2D eigenvalue weighted by Crippen LogP contribution is 2.04. The van der Waals surface area contributed by atoms with E-state index in [1.807, 2.05) is 0 Å². The van der Waals surface area contributed by atoms with Crippen LogP contribution >= 0.6 is 15.9 Å². The van der Waals surface area contributed by atoms with Crippen molar-refractivity contribution in [3.63, 3.8) is 0 Å². The molecule has 0 atom stereocenters. The van der Waals surface area contributed by atoms with Crippen molar-refractivity contribution in [1.82, 2.24) is 0 Å². The van der Waals surface area contributed by atoms with Gasteiger partial charge in [-0.1, -0.05) is 15.9 Å². The average Bonchev–Trinajstić information content (AvgIpc) is 2.43. The Hall–Kier alpha value is -1.04. The maximum atomic E-state index is 11.5. The lowest BCUT2D eigenvalue weighted by molar-refractivity contribution is -0.144. The maximum Gasteiger partial charge on any atom is 0.305 e. The first kappa shape index (κ1) is 20.0. The summed E-state index contributed by atoms with van der Waals surface area (Å²) in [5, 5.41) is 0.858. The molecule has 0 heterocycles. The van der Waals surface area contributed by atoms with Gasteiger partial charge in [0.25, 0.3) is 0 Å². The van der Waals surface area contributed by atoms with E-state index in [-0.39, 0.29) is 62.0 Å². The molecule has 0 N–H and O–H groups in total. The van der Waals surface area contributed by atoms with Crippen LogP contribution in [0.25, 0.3) is 0 Å². The first-order chi connectivity index (χ1) is 9.95. The molecular formula is C15H23BrO5. The van der Waals surface area contributed by atoms with E-state index < -0.39 is 0 Å². The van der Waals surface area contributed by atoms with Gasteiger partial charge in [-0.15, -0.1) is 0 Å². The summed E-state index contributed by atoms with van der Waals surface area (Å²) in [6, 6.07) is 0. The van der Waals surface area contributed by atoms with Crippen LogP contribution in [0, 0.1) is 0 Å². The first-order valence-electron chi connectivity index (χ1n) is 7.20. The standard InChI is InChI=1S/C15H23BrO5/c1-12(17)5-6-13(18)7-8-14(19)9-11-21-15(20)4-2-3-10-16/h2-11H2,1H3. The maximum absolute atomic E-state index is 11.5. The number of alkyl halides is 1. The number of halogens is 1. The van der Waals surface area contributed by atoms with Crippen molar-refractivity contribution < 1.29 is 23.9 Å². The van der Waals surface area contributed by atoms with Gasteiger partial charge in [0.1, 0.15) is 17.3 Å². The molecule has 0 saturated heterocycles. The topological polar surface area (TPSA) is 77.5 Å². The second-order valence-electron chi connectivity index (χ2n) is 4.90. The molecule has 0 radical (unpaired) electrons. The summed E-state index contributed by atoms with van der Waals surface area (Å²) in [6.07, 6.45) is 2.93.